The van der Waals surface area contributed by atoms with Gasteiger partial charge in [0.2, 0.25) is 4.96 Å². The normalized spacial score (nSPS) is 11.4. The molecule has 1 aromatic carbocycles. The zero-order valence-electron chi connectivity index (χ0n) is 14.8. The van der Waals surface area contributed by atoms with Gasteiger partial charge >= 0.3 is 0 Å². The van der Waals surface area contributed by atoms with Crippen molar-refractivity contribution in [3.8, 4) is 11.5 Å². The molecule has 7 nitrogen and oxygen atoms in total. The summed E-state index contributed by atoms with van der Waals surface area (Å²) >= 11 is 1.49. The van der Waals surface area contributed by atoms with Gasteiger partial charge in [-0.15, -0.1) is 10.2 Å². The fourth-order valence-corrected chi connectivity index (χ4v) is 3.25. The molecule has 0 bridgehead atoms. The van der Waals surface area contributed by atoms with Gasteiger partial charge in [-0.1, -0.05) is 37.3 Å². The minimum atomic E-state index is 0.378. The van der Waals surface area contributed by atoms with Crippen LogP contribution in [0.1, 0.15) is 31.6 Å². The van der Waals surface area contributed by atoms with Gasteiger partial charge in [-0.3, -0.25) is 4.90 Å². The van der Waals surface area contributed by atoms with Crippen molar-refractivity contribution in [3.05, 3.63) is 35.1 Å². The number of para-hydroxylation sites is 2. The second-order valence-electron chi connectivity index (χ2n) is 5.44. The minimum absolute atomic E-state index is 0.378. The third-order valence-electron chi connectivity index (χ3n) is 3.86. The number of nitrogens with zero attached hydrogens (tertiary/aromatic N) is 5. The van der Waals surface area contributed by atoms with Crippen molar-refractivity contribution < 1.29 is 9.47 Å². The molecular weight excluding hydrogens is 338 g/mol. The van der Waals surface area contributed by atoms with Gasteiger partial charge in [0.05, 0.1) is 13.2 Å². The van der Waals surface area contributed by atoms with Crippen LogP contribution < -0.4 is 9.47 Å². The van der Waals surface area contributed by atoms with E-state index in [1.54, 1.807) is 0 Å². The first kappa shape index (κ1) is 17.6. The lowest BCUT2D eigenvalue weighted by Gasteiger charge is -2.15. The third-order valence-corrected chi connectivity index (χ3v) is 4.73. The molecule has 0 unspecified atom stereocenters. The molecule has 2 aromatic heterocycles. The average molecular weight is 361 g/mol. The molecule has 0 aliphatic carbocycles. The average Bonchev–Trinajstić information content (AvgIpc) is 3.20. The molecule has 0 fully saturated rings. The first-order valence-corrected chi connectivity index (χ1v) is 9.33. The van der Waals surface area contributed by atoms with Crippen LogP contribution in [-0.2, 0) is 13.2 Å². The Morgan fingerprint density at radius 1 is 1.04 bits per heavy atom. The van der Waals surface area contributed by atoms with E-state index in [0.717, 1.165) is 46.9 Å². The topological polar surface area (TPSA) is 64.8 Å². The van der Waals surface area contributed by atoms with Crippen molar-refractivity contribution in [1.82, 2.24) is 24.7 Å². The highest BCUT2D eigenvalue weighted by Crippen LogP contribution is 2.27. The van der Waals surface area contributed by atoms with E-state index in [1.165, 1.54) is 11.3 Å². The van der Waals surface area contributed by atoms with E-state index in [0.29, 0.717) is 13.2 Å². The second-order valence-corrected chi connectivity index (χ2v) is 6.48. The van der Waals surface area contributed by atoms with Crippen LogP contribution in [0.3, 0.4) is 0 Å². The van der Waals surface area contributed by atoms with Gasteiger partial charge in [0.1, 0.15) is 6.61 Å². The van der Waals surface area contributed by atoms with Crippen LogP contribution in [0.5, 0.6) is 11.5 Å². The highest BCUT2D eigenvalue weighted by molar-refractivity contribution is 7.16. The third kappa shape index (κ3) is 4.08. The molecule has 25 heavy (non-hydrogen) atoms. The molecular formula is C17H23N5O2S. The highest BCUT2D eigenvalue weighted by atomic mass is 32.1. The molecule has 0 saturated carbocycles. The first-order chi connectivity index (χ1) is 12.2. The molecule has 3 rings (SSSR count). The van der Waals surface area contributed by atoms with Crippen LogP contribution in [0, 0.1) is 0 Å². The minimum Gasteiger partial charge on any atom is -0.490 e. The maximum Gasteiger partial charge on any atom is 0.234 e. The van der Waals surface area contributed by atoms with Crippen LogP contribution >= 0.6 is 11.3 Å². The fraction of sp³-hybridized carbons (Fsp3) is 0.471. The molecule has 0 N–H and O–H groups in total. The van der Waals surface area contributed by atoms with E-state index in [9.17, 15) is 0 Å². The molecule has 0 atom stereocenters. The van der Waals surface area contributed by atoms with Crippen LogP contribution in [0.25, 0.3) is 4.96 Å². The van der Waals surface area contributed by atoms with Crippen molar-refractivity contribution in [1.29, 1.82) is 0 Å². The summed E-state index contributed by atoms with van der Waals surface area (Å²) in [5, 5.41) is 13.9. The summed E-state index contributed by atoms with van der Waals surface area (Å²) in [4.78, 5) is 3.07. The lowest BCUT2D eigenvalue weighted by atomic mass is 10.3. The molecule has 0 saturated heterocycles. The number of benzene rings is 1. The van der Waals surface area contributed by atoms with E-state index in [4.69, 9.17) is 9.47 Å². The first-order valence-electron chi connectivity index (χ1n) is 8.52. The Kier molecular flexibility index (Phi) is 5.83. The van der Waals surface area contributed by atoms with E-state index in [2.05, 4.69) is 34.0 Å². The lowest BCUT2D eigenvalue weighted by molar-refractivity contribution is 0.267. The SMILES string of the molecule is CCOc1ccccc1OCc1nn2c(CN(CC)CC)nnc2s1. The van der Waals surface area contributed by atoms with Crippen molar-refractivity contribution in [3.63, 3.8) is 0 Å². The predicted molar refractivity (Wildman–Crippen MR) is 97.2 cm³/mol. The van der Waals surface area contributed by atoms with Crippen molar-refractivity contribution in [2.75, 3.05) is 19.7 Å². The molecule has 0 radical (unpaired) electrons. The van der Waals surface area contributed by atoms with Crippen LogP contribution in [0.4, 0.5) is 0 Å². The molecule has 0 spiro atoms. The Morgan fingerprint density at radius 2 is 1.76 bits per heavy atom. The predicted octanol–water partition coefficient (Wildman–Crippen LogP) is 3.01. The molecule has 0 amide bonds. The summed E-state index contributed by atoms with van der Waals surface area (Å²) in [6.45, 7) is 9.90. The standard InChI is InChI=1S/C17H23N5O2S/c1-4-21(5-2)11-15-18-19-17-22(15)20-16(25-17)12-24-14-10-8-7-9-13(14)23-6-3/h7-10H,4-6,11-12H2,1-3H3. The number of hydrogen-bond acceptors (Lipinski definition) is 7. The van der Waals surface area contributed by atoms with E-state index >= 15 is 0 Å². The number of ether oxygens (including phenoxy) is 2. The largest absolute Gasteiger partial charge is 0.490 e. The lowest BCUT2D eigenvalue weighted by Crippen LogP contribution is -2.23. The monoisotopic (exact) mass is 361 g/mol. The van der Waals surface area contributed by atoms with Crippen molar-refractivity contribution >= 4 is 16.3 Å². The summed E-state index contributed by atoms with van der Waals surface area (Å²) in [6.07, 6.45) is 0. The summed E-state index contributed by atoms with van der Waals surface area (Å²) in [5.74, 6) is 2.32. The van der Waals surface area contributed by atoms with Gasteiger partial charge < -0.3 is 9.47 Å². The number of rotatable bonds is 9. The van der Waals surface area contributed by atoms with Crippen LogP contribution in [0.2, 0.25) is 0 Å². The van der Waals surface area contributed by atoms with Gasteiger partial charge in [-0.25, -0.2) is 0 Å². The Hall–Kier alpha value is -2.19. The molecule has 8 heteroatoms. The van der Waals surface area contributed by atoms with Gasteiger partial charge in [0.15, 0.2) is 22.3 Å². The summed E-state index contributed by atoms with van der Waals surface area (Å²) < 4.78 is 13.3. The quantitative estimate of drug-likeness (QED) is 0.584. The number of aromatic nitrogens is 4. The fourth-order valence-electron chi connectivity index (χ4n) is 2.48. The Labute approximate surface area is 151 Å². The summed E-state index contributed by atoms with van der Waals surface area (Å²) in [5.41, 5.74) is 0. The maximum absolute atomic E-state index is 5.89. The van der Waals surface area contributed by atoms with E-state index in [1.807, 2.05) is 35.7 Å². The Bertz CT molecular complexity index is 812. The molecule has 134 valence electrons. The van der Waals surface area contributed by atoms with Gasteiger partial charge in [-0.05, 0) is 32.1 Å². The van der Waals surface area contributed by atoms with E-state index < -0.39 is 0 Å². The van der Waals surface area contributed by atoms with Crippen LogP contribution in [-0.4, -0.2) is 44.4 Å². The highest BCUT2D eigenvalue weighted by Gasteiger charge is 2.14. The van der Waals surface area contributed by atoms with Crippen molar-refractivity contribution in [2.45, 2.75) is 33.9 Å². The Morgan fingerprint density at radius 3 is 2.44 bits per heavy atom. The Balaban J connectivity index is 1.72. The summed E-state index contributed by atoms with van der Waals surface area (Å²) in [6, 6.07) is 7.66. The van der Waals surface area contributed by atoms with Gasteiger partial charge in [0.25, 0.3) is 0 Å². The maximum atomic E-state index is 5.89. The van der Waals surface area contributed by atoms with Crippen molar-refractivity contribution in [2.24, 2.45) is 0 Å². The molecule has 3 aromatic rings. The van der Waals surface area contributed by atoms with Gasteiger partial charge in [-0.2, -0.15) is 9.61 Å². The summed E-state index contributed by atoms with van der Waals surface area (Å²) in [7, 11) is 0. The number of fused-ring (bicyclic) bond motifs is 1. The number of hydrogen-bond donors (Lipinski definition) is 0. The zero-order valence-corrected chi connectivity index (χ0v) is 15.6. The molecule has 0 aliphatic rings. The molecule has 2 heterocycles. The van der Waals surface area contributed by atoms with Gasteiger partial charge in [0, 0.05) is 0 Å². The van der Waals surface area contributed by atoms with E-state index in [-0.39, 0.29) is 0 Å². The molecule has 0 aliphatic heterocycles. The smallest absolute Gasteiger partial charge is 0.234 e. The zero-order chi connectivity index (χ0) is 17.6. The second kappa shape index (κ2) is 8.26. The van der Waals surface area contributed by atoms with Crippen LogP contribution in [0.15, 0.2) is 24.3 Å².